The van der Waals surface area contributed by atoms with Crippen LogP contribution in [0.25, 0.3) is 0 Å². The van der Waals surface area contributed by atoms with Gasteiger partial charge in [-0.2, -0.15) is 0 Å². The van der Waals surface area contributed by atoms with Gasteiger partial charge in [-0.3, -0.25) is 0 Å². The third-order valence-electron chi connectivity index (χ3n) is 2.32. The molecule has 0 atom stereocenters. The first kappa shape index (κ1) is 17.9. The summed E-state index contributed by atoms with van der Waals surface area (Å²) in [5, 5.41) is 9.65. The fraction of sp³-hybridized carbons (Fsp3) is 0. The molecule has 0 saturated carbocycles. The molecule has 2 aromatic carbocycles. The van der Waals surface area contributed by atoms with Crippen molar-refractivity contribution >= 4 is 45.7 Å². The van der Waals surface area contributed by atoms with Gasteiger partial charge in [0.15, 0.2) is 11.6 Å². The van der Waals surface area contributed by atoms with E-state index in [1.54, 1.807) is 6.07 Å². The predicted octanol–water partition coefficient (Wildman–Crippen LogP) is 3.66. The molecule has 1 amide bonds. The van der Waals surface area contributed by atoms with Crippen LogP contribution in [0.4, 0.5) is 35.0 Å². The Bertz CT molecular complexity index is 694. The molecule has 0 radical (unpaired) electrons. The topological polar surface area (TPSA) is 101 Å². The highest BCUT2D eigenvalue weighted by atomic mass is 127. The molecule has 9 heteroatoms. The second-order valence-electron chi connectivity index (χ2n) is 3.91. The summed E-state index contributed by atoms with van der Waals surface area (Å²) < 4.78 is 40.9. The van der Waals surface area contributed by atoms with Crippen LogP contribution in [-0.4, -0.2) is 11.2 Å². The minimum atomic E-state index is -1.33. The lowest BCUT2D eigenvalue weighted by molar-refractivity contribution is 0.205. The number of carboxylic acid groups (broad SMARTS) is 1. The van der Waals surface area contributed by atoms with Crippen molar-refractivity contribution < 1.29 is 23.1 Å². The first-order chi connectivity index (χ1) is 10.2. The molecule has 0 fully saturated rings. The Morgan fingerprint density at radius 2 is 1.73 bits per heavy atom. The van der Waals surface area contributed by atoms with Gasteiger partial charge in [-0.25, -0.2) is 18.0 Å². The van der Waals surface area contributed by atoms with Gasteiger partial charge in [0.25, 0.3) is 0 Å². The summed E-state index contributed by atoms with van der Waals surface area (Å²) >= 11 is 1.95. The Morgan fingerprint density at radius 3 is 2.27 bits per heavy atom. The fourth-order valence-corrected chi connectivity index (χ4v) is 1.87. The molecule has 5 nitrogen and oxygen atoms in total. The van der Waals surface area contributed by atoms with Gasteiger partial charge in [-0.05, 0) is 52.9 Å². The molecule has 2 aromatic rings. The van der Waals surface area contributed by atoms with E-state index in [4.69, 9.17) is 15.6 Å². The Morgan fingerprint density at radius 1 is 1.14 bits per heavy atom. The van der Waals surface area contributed by atoms with Crippen molar-refractivity contribution in [2.75, 3.05) is 11.1 Å². The summed E-state index contributed by atoms with van der Waals surface area (Å²) in [5.41, 5.74) is 9.32. The molecule has 118 valence electrons. The Kier molecular flexibility index (Phi) is 6.28. The zero-order valence-corrected chi connectivity index (χ0v) is 13.1. The average Bonchev–Trinajstić information content (AvgIpc) is 2.41. The third kappa shape index (κ3) is 4.98. The van der Waals surface area contributed by atoms with E-state index in [1.165, 1.54) is 18.2 Å². The summed E-state index contributed by atoms with van der Waals surface area (Å²) in [6.07, 6.45) is -1.33. The number of nitrogens with two attached hydrogens (primary N) is 2. The van der Waals surface area contributed by atoms with Crippen molar-refractivity contribution in [1.29, 1.82) is 0 Å². The van der Waals surface area contributed by atoms with Gasteiger partial charge in [0.05, 0.1) is 11.4 Å². The maximum atomic E-state index is 13.6. The molecule has 2 rings (SSSR count). The summed E-state index contributed by atoms with van der Waals surface area (Å²) in [5.74, 6) is -2.74. The van der Waals surface area contributed by atoms with Gasteiger partial charge in [0.2, 0.25) is 0 Å². The zero-order valence-electron chi connectivity index (χ0n) is 10.9. The number of hydrogen-bond donors (Lipinski definition) is 4. The monoisotopic (exact) mass is 425 g/mol. The van der Waals surface area contributed by atoms with Crippen molar-refractivity contribution in [1.82, 2.24) is 0 Å². The lowest BCUT2D eigenvalue weighted by Gasteiger charge is -2.11. The molecule has 0 heterocycles. The number of anilines is 3. The van der Waals surface area contributed by atoms with Crippen LogP contribution in [0.3, 0.4) is 0 Å². The van der Waals surface area contributed by atoms with Crippen molar-refractivity contribution in [3.63, 3.8) is 0 Å². The fourth-order valence-electron chi connectivity index (χ4n) is 1.42. The smallest absolute Gasteiger partial charge is 0.402 e. The van der Waals surface area contributed by atoms with Gasteiger partial charge in [-0.15, -0.1) is 0 Å². The van der Waals surface area contributed by atoms with Crippen LogP contribution in [0.1, 0.15) is 0 Å². The number of amides is 1. The largest absolute Gasteiger partial charge is 0.465 e. The van der Waals surface area contributed by atoms with Crippen LogP contribution in [0.2, 0.25) is 0 Å². The van der Waals surface area contributed by atoms with Crippen molar-refractivity contribution in [2.24, 2.45) is 5.73 Å². The second kappa shape index (κ2) is 7.73. The second-order valence-corrected chi connectivity index (χ2v) is 5.16. The normalized spacial score (nSPS) is 9.64. The maximum Gasteiger partial charge on any atom is 0.402 e. The van der Waals surface area contributed by atoms with Gasteiger partial charge in [-0.1, -0.05) is 0 Å². The number of primary amides is 1. The first-order valence-corrected chi connectivity index (χ1v) is 6.74. The lowest BCUT2D eigenvalue weighted by Crippen LogP contribution is -2.03. The van der Waals surface area contributed by atoms with Crippen LogP contribution in [0.5, 0.6) is 0 Å². The van der Waals surface area contributed by atoms with Gasteiger partial charge < -0.3 is 21.9 Å². The molecule has 0 bridgehead atoms. The standard InChI is InChI=1S/C12H8F3IN2.CH3NO2/c13-7-2-3-9(17)12(11(7)15)18-10-4-1-6(16)5-8(10)14;2-1(3)4/h1-5,18H,17H2;2H2,(H,3,4). The molecule has 0 saturated heterocycles. The molecular formula is C13H11F3IN3O2. The maximum absolute atomic E-state index is 13.6. The van der Waals surface area contributed by atoms with Crippen molar-refractivity contribution in [3.05, 3.63) is 51.4 Å². The van der Waals surface area contributed by atoms with E-state index in [0.29, 0.717) is 3.57 Å². The minimum Gasteiger partial charge on any atom is -0.465 e. The van der Waals surface area contributed by atoms with Gasteiger partial charge in [0, 0.05) is 3.57 Å². The molecule has 22 heavy (non-hydrogen) atoms. The number of carbonyl (C=O) groups is 1. The average molecular weight is 425 g/mol. The van der Waals surface area contributed by atoms with E-state index in [9.17, 15) is 13.2 Å². The zero-order chi connectivity index (χ0) is 16.9. The number of rotatable bonds is 2. The molecule has 0 aliphatic heterocycles. The van der Waals surface area contributed by atoms with E-state index in [2.05, 4.69) is 11.1 Å². The van der Waals surface area contributed by atoms with Crippen LogP contribution in [0, 0.1) is 21.0 Å². The van der Waals surface area contributed by atoms with E-state index < -0.39 is 23.5 Å². The van der Waals surface area contributed by atoms with Crippen LogP contribution in [0.15, 0.2) is 30.3 Å². The molecule has 6 N–H and O–H groups in total. The molecule has 0 aliphatic carbocycles. The van der Waals surface area contributed by atoms with E-state index in [0.717, 1.165) is 6.07 Å². The van der Waals surface area contributed by atoms with E-state index in [-0.39, 0.29) is 17.1 Å². The van der Waals surface area contributed by atoms with Gasteiger partial charge >= 0.3 is 6.09 Å². The summed E-state index contributed by atoms with van der Waals surface area (Å²) in [6.45, 7) is 0. The van der Waals surface area contributed by atoms with Crippen molar-refractivity contribution in [2.45, 2.75) is 0 Å². The lowest BCUT2D eigenvalue weighted by atomic mass is 10.2. The van der Waals surface area contributed by atoms with E-state index >= 15 is 0 Å². The van der Waals surface area contributed by atoms with Crippen LogP contribution >= 0.6 is 22.6 Å². The molecule has 0 spiro atoms. The molecule has 0 unspecified atom stereocenters. The summed E-state index contributed by atoms with van der Waals surface area (Å²) in [6, 6.07) is 6.47. The van der Waals surface area contributed by atoms with Crippen molar-refractivity contribution in [3.8, 4) is 0 Å². The predicted molar refractivity (Wildman–Crippen MR) is 85.4 cm³/mol. The molecular weight excluding hydrogens is 414 g/mol. The highest BCUT2D eigenvalue weighted by Crippen LogP contribution is 2.29. The number of nitrogen functional groups attached to an aromatic ring is 1. The number of benzene rings is 2. The summed E-state index contributed by atoms with van der Waals surface area (Å²) in [4.78, 5) is 8.78. The highest BCUT2D eigenvalue weighted by Gasteiger charge is 2.13. The quantitative estimate of drug-likeness (QED) is 0.436. The van der Waals surface area contributed by atoms with Gasteiger partial charge in [0.1, 0.15) is 11.5 Å². The Labute approximate surface area is 137 Å². The van der Waals surface area contributed by atoms with Crippen LogP contribution < -0.4 is 16.8 Å². The molecule has 0 aliphatic rings. The summed E-state index contributed by atoms with van der Waals surface area (Å²) in [7, 11) is 0. The van der Waals surface area contributed by atoms with E-state index in [1.807, 2.05) is 22.6 Å². The van der Waals surface area contributed by atoms with Crippen LogP contribution in [-0.2, 0) is 0 Å². The minimum absolute atomic E-state index is 0.00634. The SMILES string of the molecule is NC(=O)O.Nc1ccc(F)c(F)c1Nc1ccc(I)cc1F. The Balaban J connectivity index is 0.000000541. The number of nitrogens with one attached hydrogen (secondary N) is 1. The molecule has 0 aromatic heterocycles. The first-order valence-electron chi connectivity index (χ1n) is 5.66. The number of halogens is 4. The Hall–Kier alpha value is -2.17. The highest BCUT2D eigenvalue weighted by molar-refractivity contribution is 14.1. The third-order valence-corrected chi connectivity index (χ3v) is 2.99. The number of hydrogen-bond acceptors (Lipinski definition) is 3.